The van der Waals surface area contributed by atoms with E-state index in [0.717, 1.165) is 41.9 Å². The van der Waals surface area contributed by atoms with Crippen LogP contribution in [0.1, 0.15) is 35.6 Å². The fourth-order valence-electron chi connectivity index (χ4n) is 3.75. The first-order valence-electron chi connectivity index (χ1n) is 9.75. The van der Waals surface area contributed by atoms with Crippen LogP contribution in [0.4, 0.5) is 0 Å². The first-order chi connectivity index (χ1) is 13.7. The second kappa shape index (κ2) is 8.30. The third-order valence-corrected chi connectivity index (χ3v) is 5.26. The van der Waals surface area contributed by atoms with E-state index in [4.69, 9.17) is 4.98 Å². The third-order valence-electron chi connectivity index (χ3n) is 5.26. The van der Waals surface area contributed by atoms with Crippen LogP contribution in [-0.4, -0.2) is 38.8 Å². The molecule has 1 atom stereocenters. The number of nitrogens with zero attached hydrogens (tertiary/aromatic N) is 4. The van der Waals surface area contributed by atoms with E-state index in [1.54, 1.807) is 12.4 Å². The van der Waals surface area contributed by atoms with Gasteiger partial charge in [0, 0.05) is 43.2 Å². The van der Waals surface area contributed by atoms with Crippen LogP contribution in [0.2, 0.25) is 0 Å². The molecule has 1 amide bonds. The Labute approximate surface area is 165 Å². The molecular weight excluding hydrogens is 348 g/mol. The molecule has 1 aromatic carbocycles. The standard InChI is InChI=1S/C23H24N4O/c1-17-4-2-5-19(12-17)21-14-25-15-22(26-21)20-6-3-11-27(16-20)23(28)13-18-7-9-24-10-8-18/h2,4-5,7-10,12,14-15,20H,3,6,11,13,16H2,1H3/t20-/m0/s1. The molecule has 0 saturated carbocycles. The Kier molecular flexibility index (Phi) is 5.42. The number of hydrogen-bond donors (Lipinski definition) is 0. The van der Waals surface area contributed by atoms with Crippen molar-refractivity contribution < 1.29 is 4.79 Å². The predicted molar refractivity (Wildman–Crippen MR) is 109 cm³/mol. The summed E-state index contributed by atoms with van der Waals surface area (Å²) in [7, 11) is 0. The minimum absolute atomic E-state index is 0.165. The molecule has 1 fully saturated rings. The average molecular weight is 372 g/mol. The Hall–Kier alpha value is -3.08. The van der Waals surface area contributed by atoms with Crippen LogP contribution in [0.5, 0.6) is 0 Å². The zero-order chi connectivity index (χ0) is 19.3. The number of carbonyl (C=O) groups excluding carboxylic acids is 1. The fraction of sp³-hybridized carbons (Fsp3) is 0.304. The first kappa shape index (κ1) is 18.3. The highest BCUT2D eigenvalue weighted by Gasteiger charge is 2.26. The summed E-state index contributed by atoms with van der Waals surface area (Å²) in [6, 6.07) is 12.1. The molecule has 0 N–H and O–H groups in total. The lowest BCUT2D eigenvalue weighted by Gasteiger charge is -2.32. The summed E-state index contributed by atoms with van der Waals surface area (Å²) in [5.74, 6) is 0.395. The first-order valence-corrected chi connectivity index (χ1v) is 9.75. The maximum Gasteiger partial charge on any atom is 0.227 e. The van der Waals surface area contributed by atoms with Gasteiger partial charge >= 0.3 is 0 Å². The van der Waals surface area contributed by atoms with Gasteiger partial charge in [-0.3, -0.25) is 14.8 Å². The van der Waals surface area contributed by atoms with Crippen molar-refractivity contribution in [1.29, 1.82) is 0 Å². The van der Waals surface area contributed by atoms with E-state index in [9.17, 15) is 4.79 Å². The Bertz CT molecular complexity index is 958. The van der Waals surface area contributed by atoms with E-state index in [2.05, 4.69) is 35.1 Å². The van der Waals surface area contributed by atoms with Gasteiger partial charge in [0.05, 0.1) is 24.0 Å². The van der Waals surface area contributed by atoms with Gasteiger partial charge in [-0.2, -0.15) is 0 Å². The minimum atomic E-state index is 0.165. The number of rotatable bonds is 4. The van der Waals surface area contributed by atoms with E-state index in [0.29, 0.717) is 13.0 Å². The fourth-order valence-corrected chi connectivity index (χ4v) is 3.75. The van der Waals surface area contributed by atoms with Crippen molar-refractivity contribution in [1.82, 2.24) is 19.9 Å². The molecule has 1 aliphatic heterocycles. The van der Waals surface area contributed by atoms with Crippen molar-refractivity contribution in [2.75, 3.05) is 13.1 Å². The van der Waals surface area contributed by atoms with Gasteiger partial charge < -0.3 is 4.90 Å². The van der Waals surface area contributed by atoms with E-state index in [1.807, 2.05) is 35.5 Å². The summed E-state index contributed by atoms with van der Waals surface area (Å²) >= 11 is 0. The number of hydrogen-bond acceptors (Lipinski definition) is 4. The monoisotopic (exact) mass is 372 g/mol. The molecule has 0 spiro atoms. The van der Waals surface area contributed by atoms with Crippen molar-refractivity contribution in [2.45, 2.75) is 32.1 Å². The zero-order valence-corrected chi connectivity index (χ0v) is 16.1. The molecule has 4 rings (SSSR count). The zero-order valence-electron chi connectivity index (χ0n) is 16.1. The Morgan fingerprint density at radius 3 is 2.82 bits per heavy atom. The molecular formula is C23H24N4O. The number of carbonyl (C=O) groups is 1. The van der Waals surface area contributed by atoms with Crippen LogP contribution in [0.3, 0.4) is 0 Å². The topological polar surface area (TPSA) is 59.0 Å². The van der Waals surface area contributed by atoms with Gasteiger partial charge in [0.15, 0.2) is 0 Å². The van der Waals surface area contributed by atoms with Crippen LogP contribution >= 0.6 is 0 Å². The van der Waals surface area contributed by atoms with E-state index < -0.39 is 0 Å². The van der Waals surface area contributed by atoms with Crippen LogP contribution in [-0.2, 0) is 11.2 Å². The van der Waals surface area contributed by atoms with Crippen molar-refractivity contribution in [3.8, 4) is 11.3 Å². The maximum absolute atomic E-state index is 12.7. The lowest BCUT2D eigenvalue weighted by atomic mass is 9.94. The van der Waals surface area contributed by atoms with E-state index in [1.165, 1.54) is 5.56 Å². The van der Waals surface area contributed by atoms with Crippen molar-refractivity contribution in [3.05, 3.63) is 78.0 Å². The molecule has 5 nitrogen and oxygen atoms in total. The van der Waals surface area contributed by atoms with Gasteiger partial charge in [-0.15, -0.1) is 0 Å². The molecule has 3 aromatic rings. The van der Waals surface area contributed by atoms with Crippen LogP contribution < -0.4 is 0 Å². The molecule has 5 heteroatoms. The smallest absolute Gasteiger partial charge is 0.227 e. The quantitative estimate of drug-likeness (QED) is 0.699. The number of piperidine rings is 1. The number of aryl methyl sites for hydroxylation is 1. The summed E-state index contributed by atoms with van der Waals surface area (Å²) in [5.41, 5.74) is 5.15. The number of pyridine rings is 1. The highest BCUT2D eigenvalue weighted by atomic mass is 16.2. The molecule has 0 bridgehead atoms. The molecule has 0 radical (unpaired) electrons. The molecule has 142 valence electrons. The molecule has 2 aromatic heterocycles. The molecule has 0 unspecified atom stereocenters. The summed E-state index contributed by atoms with van der Waals surface area (Å²) in [6.07, 6.45) is 9.56. The highest BCUT2D eigenvalue weighted by molar-refractivity contribution is 5.78. The van der Waals surface area contributed by atoms with Crippen LogP contribution in [0.15, 0.2) is 61.2 Å². The normalized spacial score (nSPS) is 16.8. The summed E-state index contributed by atoms with van der Waals surface area (Å²) in [6.45, 7) is 3.59. The second-order valence-electron chi connectivity index (χ2n) is 7.41. The predicted octanol–water partition coefficient (Wildman–Crippen LogP) is 3.80. The minimum Gasteiger partial charge on any atom is -0.342 e. The number of benzene rings is 1. The van der Waals surface area contributed by atoms with Crippen molar-refractivity contribution in [2.24, 2.45) is 0 Å². The SMILES string of the molecule is Cc1cccc(-c2cncc([C@H]3CCCN(C(=O)Cc4ccncc4)C3)n2)c1. The third kappa shape index (κ3) is 4.25. The summed E-state index contributed by atoms with van der Waals surface area (Å²) < 4.78 is 0. The Morgan fingerprint density at radius 2 is 2.00 bits per heavy atom. The number of amides is 1. The van der Waals surface area contributed by atoms with Gasteiger partial charge in [-0.25, -0.2) is 4.98 Å². The summed E-state index contributed by atoms with van der Waals surface area (Å²) in [5, 5.41) is 0. The van der Waals surface area contributed by atoms with Crippen molar-refractivity contribution in [3.63, 3.8) is 0 Å². The molecule has 3 heterocycles. The highest BCUT2D eigenvalue weighted by Crippen LogP contribution is 2.27. The van der Waals surface area contributed by atoms with Crippen LogP contribution in [0, 0.1) is 6.92 Å². The van der Waals surface area contributed by atoms with Gasteiger partial charge in [-0.1, -0.05) is 23.8 Å². The Balaban J connectivity index is 1.49. The van der Waals surface area contributed by atoms with Gasteiger partial charge in [0.2, 0.25) is 5.91 Å². The molecule has 28 heavy (non-hydrogen) atoms. The molecule has 1 aliphatic rings. The van der Waals surface area contributed by atoms with Gasteiger partial charge in [0.25, 0.3) is 0 Å². The largest absolute Gasteiger partial charge is 0.342 e. The van der Waals surface area contributed by atoms with Gasteiger partial charge in [-0.05, 0) is 43.5 Å². The molecule has 0 aliphatic carbocycles. The van der Waals surface area contributed by atoms with E-state index in [-0.39, 0.29) is 11.8 Å². The van der Waals surface area contributed by atoms with E-state index >= 15 is 0 Å². The average Bonchev–Trinajstić information content (AvgIpc) is 2.75. The van der Waals surface area contributed by atoms with Crippen LogP contribution in [0.25, 0.3) is 11.3 Å². The summed E-state index contributed by atoms with van der Waals surface area (Å²) in [4.78, 5) is 28.0. The number of likely N-dealkylation sites (tertiary alicyclic amines) is 1. The second-order valence-corrected chi connectivity index (χ2v) is 7.41. The van der Waals surface area contributed by atoms with Crippen molar-refractivity contribution >= 4 is 5.91 Å². The van der Waals surface area contributed by atoms with Gasteiger partial charge in [0.1, 0.15) is 0 Å². The number of aromatic nitrogens is 3. The molecule has 1 saturated heterocycles. The lowest BCUT2D eigenvalue weighted by Crippen LogP contribution is -2.40. The maximum atomic E-state index is 12.7. The Morgan fingerprint density at radius 1 is 1.14 bits per heavy atom. The lowest BCUT2D eigenvalue weighted by molar-refractivity contribution is -0.131.